The van der Waals surface area contributed by atoms with Gasteiger partial charge in [0.05, 0.1) is 6.04 Å². The number of hydrogen-bond acceptors (Lipinski definition) is 3. The third-order valence-electron chi connectivity index (χ3n) is 3.62. The number of amides is 1. The predicted octanol–water partition coefficient (Wildman–Crippen LogP) is 1.94. The van der Waals surface area contributed by atoms with Gasteiger partial charge in [-0.3, -0.25) is 4.79 Å². The van der Waals surface area contributed by atoms with Crippen LogP contribution in [0.4, 0.5) is 0 Å². The topological polar surface area (TPSA) is 78.9 Å². The first-order valence-corrected chi connectivity index (χ1v) is 6.93. The predicted molar refractivity (Wildman–Crippen MR) is 71.4 cm³/mol. The van der Waals surface area contributed by atoms with Crippen molar-refractivity contribution in [2.45, 2.75) is 58.4 Å². The zero-order chi connectivity index (χ0) is 13.5. The molecular formula is C13H25N3O2. The van der Waals surface area contributed by atoms with Crippen LogP contribution in [-0.2, 0) is 4.79 Å². The van der Waals surface area contributed by atoms with Crippen molar-refractivity contribution in [1.82, 2.24) is 4.90 Å². The lowest BCUT2D eigenvalue weighted by atomic mass is 9.96. The lowest BCUT2D eigenvalue weighted by Crippen LogP contribution is -2.46. The van der Waals surface area contributed by atoms with Gasteiger partial charge in [0.15, 0.2) is 5.84 Å². The monoisotopic (exact) mass is 255 g/mol. The Morgan fingerprint density at radius 1 is 1.44 bits per heavy atom. The molecule has 0 radical (unpaired) electrons. The molecule has 0 aromatic heterocycles. The molecule has 1 unspecified atom stereocenters. The van der Waals surface area contributed by atoms with E-state index in [2.05, 4.69) is 19.0 Å². The van der Waals surface area contributed by atoms with Crippen LogP contribution in [0.5, 0.6) is 0 Å². The molecule has 0 saturated carbocycles. The molecule has 3 N–H and O–H groups in total. The van der Waals surface area contributed by atoms with Crippen LogP contribution in [0.2, 0.25) is 0 Å². The molecule has 1 heterocycles. The highest BCUT2D eigenvalue weighted by Gasteiger charge is 2.34. The smallest absolute Gasteiger partial charge is 0.226 e. The van der Waals surface area contributed by atoms with Gasteiger partial charge in [-0.2, -0.15) is 0 Å². The van der Waals surface area contributed by atoms with Gasteiger partial charge in [-0.1, -0.05) is 31.8 Å². The SMILES string of the molecule is CCCC(CCC)C(=O)N1CCCC1C(N)=NO. The molecule has 1 saturated heterocycles. The summed E-state index contributed by atoms with van der Waals surface area (Å²) in [5.41, 5.74) is 5.66. The standard InChI is InChI=1S/C13H25N3O2/c1-3-6-10(7-4-2)13(17)16-9-5-8-11(16)12(14)15-18/h10-11,18H,3-9H2,1-2H3,(H2,14,15). The summed E-state index contributed by atoms with van der Waals surface area (Å²) in [5, 5.41) is 11.8. The van der Waals surface area contributed by atoms with Crippen molar-refractivity contribution in [3.05, 3.63) is 0 Å². The Balaban J connectivity index is 2.73. The average Bonchev–Trinajstić information content (AvgIpc) is 2.86. The van der Waals surface area contributed by atoms with Crippen LogP contribution >= 0.6 is 0 Å². The van der Waals surface area contributed by atoms with E-state index in [-0.39, 0.29) is 23.7 Å². The second-order valence-electron chi connectivity index (χ2n) is 4.99. The zero-order valence-corrected chi connectivity index (χ0v) is 11.4. The summed E-state index contributed by atoms with van der Waals surface area (Å²) in [5.74, 6) is 0.424. The molecule has 18 heavy (non-hydrogen) atoms. The Labute approximate surface area is 109 Å². The molecule has 0 bridgehead atoms. The van der Waals surface area contributed by atoms with Gasteiger partial charge in [-0.05, 0) is 25.7 Å². The molecule has 1 aliphatic heterocycles. The van der Waals surface area contributed by atoms with Crippen molar-refractivity contribution in [3.63, 3.8) is 0 Å². The van der Waals surface area contributed by atoms with E-state index >= 15 is 0 Å². The second-order valence-corrected chi connectivity index (χ2v) is 4.99. The lowest BCUT2D eigenvalue weighted by Gasteiger charge is -2.28. The van der Waals surface area contributed by atoms with Crippen molar-refractivity contribution >= 4 is 11.7 Å². The summed E-state index contributed by atoms with van der Waals surface area (Å²) < 4.78 is 0. The van der Waals surface area contributed by atoms with E-state index in [4.69, 9.17) is 10.9 Å². The quantitative estimate of drug-likeness (QED) is 0.329. The maximum absolute atomic E-state index is 12.5. The number of amidine groups is 1. The van der Waals surface area contributed by atoms with E-state index < -0.39 is 0 Å². The first-order valence-electron chi connectivity index (χ1n) is 6.93. The van der Waals surface area contributed by atoms with Crippen molar-refractivity contribution in [1.29, 1.82) is 0 Å². The molecule has 0 aromatic rings. The number of likely N-dealkylation sites (tertiary alicyclic amines) is 1. The molecule has 5 heteroatoms. The largest absolute Gasteiger partial charge is 0.409 e. The molecule has 1 atom stereocenters. The van der Waals surface area contributed by atoms with Gasteiger partial charge in [0, 0.05) is 12.5 Å². The molecule has 0 aromatic carbocycles. The minimum Gasteiger partial charge on any atom is -0.409 e. The van der Waals surface area contributed by atoms with Crippen LogP contribution in [0.15, 0.2) is 5.16 Å². The summed E-state index contributed by atoms with van der Waals surface area (Å²) in [7, 11) is 0. The molecule has 0 aliphatic carbocycles. The highest BCUT2D eigenvalue weighted by Crippen LogP contribution is 2.24. The number of nitrogens with two attached hydrogens (primary N) is 1. The minimum absolute atomic E-state index is 0.0899. The summed E-state index contributed by atoms with van der Waals surface area (Å²) in [6, 6.07) is -0.210. The number of oxime groups is 1. The van der Waals surface area contributed by atoms with E-state index in [0.717, 1.165) is 45.1 Å². The van der Waals surface area contributed by atoms with Crippen LogP contribution in [0.3, 0.4) is 0 Å². The lowest BCUT2D eigenvalue weighted by molar-refractivity contribution is -0.135. The third kappa shape index (κ3) is 3.37. The molecule has 1 amide bonds. The van der Waals surface area contributed by atoms with Gasteiger partial charge in [0.1, 0.15) is 0 Å². The number of hydrogen-bond donors (Lipinski definition) is 2. The molecule has 1 aliphatic rings. The summed E-state index contributed by atoms with van der Waals surface area (Å²) in [6.07, 6.45) is 5.60. The van der Waals surface area contributed by atoms with Crippen LogP contribution < -0.4 is 5.73 Å². The molecule has 1 rings (SSSR count). The Morgan fingerprint density at radius 2 is 2.06 bits per heavy atom. The van der Waals surface area contributed by atoms with Crippen LogP contribution in [0.25, 0.3) is 0 Å². The van der Waals surface area contributed by atoms with Crippen molar-refractivity contribution < 1.29 is 10.0 Å². The van der Waals surface area contributed by atoms with E-state index in [9.17, 15) is 4.79 Å². The van der Waals surface area contributed by atoms with E-state index in [1.807, 2.05) is 0 Å². The Morgan fingerprint density at radius 3 is 2.56 bits per heavy atom. The number of carbonyl (C=O) groups excluding carboxylic acids is 1. The van der Waals surface area contributed by atoms with Gasteiger partial charge in [0.25, 0.3) is 0 Å². The zero-order valence-electron chi connectivity index (χ0n) is 11.4. The third-order valence-corrected chi connectivity index (χ3v) is 3.62. The highest BCUT2D eigenvalue weighted by molar-refractivity contribution is 5.91. The number of carbonyl (C=O) groups is 1. The van der Waals surface area contributed by atoms with E-state index in [1.165, 1.54) is 0 Å². The summed E-state index contributed by atoms with van der Waals surface area (Å²) in [4.78, 5) is 14.3. The van der Waals surface area contributed by atoms with Crippen molar-refractivity contribution in [2.75, 3.05) is 6.54 Å². The van der Waals surface area contributed by atoms with Gasteiger partial charge in [-0.15, -0.1) is 0 Å². The van der Waals surface area contributed by atoms with Crippen molar-refractivity contribution in [3.8, 4) is 0 Å². The first kappa shape index (κ1) is 14.8. The average molecular weight is 255 g/mol. The molecular weight excluding hydrogens is 230 g/mol. The van der Waals surface area contributed by atoms with Gasteiger partial charge in [-0.25, -0.2) is 0 Å². The molecule has 5 nitrogen and oxygen atoms in total. The fourth-order valence-corrected chi connectivity index (χ4v) is 2.73. The summed E-state index contributed by atoms with van der Waals surface area (Å²) >= 11 is 0. The normalized spacial score (nSPS) is 20.7. The number of nitrogens with zero attached hydrogens (tertiary/aromatic N) is 2. The fraction of sp³-hybridized carbons (Fsp3) is 0.846. The molecule has 104 valence electrons. The minimum atomic E-state index is -0.210. The second kappa shape index (κ2) is 7.24. The van der Waals surface area contributed by atoms with Crippen LogP contribution in [0, 0.1) is 5.92 Å². The molecule has 0 spiro atoms. The maximum atomic E-state index is 12.5. The summed E-state index contributed by atoms with van der Waals surface area (Å²) in [6.45, 7) is 4.92. The Bertz CT molecular complexity index is 299. The van der Waals surface area contributed by atoms with Crippen LogP contribution in [0.1, 0.15) is 52.4 Å². The Kier molecular flexibility index (Phi) is 5.95. The van der Waals surface area contributed by atoms with E-state index in [1.54, 1.807) is 4.90 Å². The van der Waals surface area contributed by atoms with Gasteiger partial charge in [0.2, 0.25) is 5.91 Å². The van der Waals surface area contributed by atoms with Crippen LogP contribution in [-0.4, -0.2) is 34.4 Å². The Hall–Kier alpha value is -1.26. The maximum Gasteiger partial charge on any atom is 0.226 e. The van der Waals surface area contributed by atoms with Gasteiger partial charge >= 0.3 is 0 Å². The van der Waals surface area contributed by atoms with E-state index in [0.29, 0.717) is 0 Å². The number of rotatable bonds is 6. The first-order chi connectivity index (χ1) is 8.65. The van der Waals surface area contributed by atoms with Crippen molar-refractivity contribution in [2.24, 2.45) is 16.8 Å². The highest BCUT2D eigenvalue weighted by atomic mass is 16.4. The fourth-order valence-electron chi connectivity index (χ4n) is 2.73. The van der Waals surface area contributed by atoms with Gasteiger partial charge < -0.3 is 15.8 Å². The molecule has 1 fully saturated rings.